The fourth-order valence-corrected chi connectivity index (χ4v) is 2.19. The summed E-state index contributed by atoms with van der Waals surface area (Å²) in [6.45, 7) is 2.04. The van der Waals surface area contributed by atoms with Gasteiger partial charge in [-0.2, -0.15) is 11.8 Å². The second-order valence-corrected chi connectivity index (χ2v) is 5.35. The van der Waals surface area contributed by atoms with E-state index in [0.29, 0.717) is 5.56 Å². The summed E-state index contributed by atoms with van der Waals surface area (Å²) in [6.07, 6.45) is 3.35. The highest BCUT2D eigenvalue weighted by Crippen LogP contribution is 2.07. The maximum Gasteiger partial charge on any atom is 0.251 e. The monoisotopic (exact) mass is 266 g/mol. The molecule has 0 unspecified atom stereocenters. The number of carbonyl (C=O) groups excluding carboxylic acids is 1. The Morgan fingerprint density at radius 1 is 1.33 bits per heavy atom. The third-order valence-electron chi connectivity index (χ3n) is 2.78. The van der Waals surface area contributed by atoms with Crippen LogP contribution >= 0.6 is 11.8 Å². The number of hydrogen-bond acceptors (Lipinski definition) is 3. The van der Waals surface area contributed by atoms with Gasteiger partial charge in [0.1, 0.15) is 0 Å². The number of amides is 1. The maximum absolute atomic E-state index is 11.4. The quantitative estimate of drug-likeness (QED) is 0.768. The molecule has 0 aliphatic rings. The number of rotatable bonds is 7. The van der Waals surface area contributed by atoms with Crippen LogP contribution in [0.2, 0.25) is 0 Å². The van der Waals surface area contributed by atoms with Crippen molar-refractivity contribution >= 4 is 17.7 Å². The highest BCUT2D eigenvalue weighted by atomic mass is 32.2. The second kappa shape index (κ2) is 8.16. The van der Waals surface area contributed by atoms with Crippen molar-refractivity contribution in [3.05, 3.63) is 35.4 Å². The molecule has 1 amide bonds. The minimum Gasteiger partial charge on any atom is -0.355 e. The highest BCUT2D eigenvalue weighted by molar-refractivity contribution is 7.98. The van der Waals surface area contributed by atoms with E-state index < -0.39 is 0 Å². The third kappa shape index (κ3) is 5.10. The molecule has 1 N–H and O–H groups in total. The van der Waals surface area contributed by atoms with Crippen LogP contribution in [-0.4, -0.2) is 43.5 Å². The summed E-state index contributed by atoms with van der Waals surface area (Å²) in [5.74, 6) is 1.18. The number of carbonyl (C=O) groups is 1. The molecule has 4 heteroatoms. The van der Waals surface area contributed by atoms with Crippen molar-refractivity contribution in [3.63, 3.8) is 0 Å². The van der Waals surface area contributed by atoms with Crippen LogP contribution in [0.3, 0.4) is 0 Å². The molecule has 0 saturated carbocycles. The van der Waals surface area contributed by atoms with E-state index in [9.17, 15) is 4.79 Å². The predicted molar refractivity (Wildman–Crippen MR) is 79.2 cm³/mol. The Kier molecular flexibility index (Phi) is 6.83. The average molecular weight is 266 g/mol. The molecule has 0 aliphatic carbocycles. The molecule has 0 spiro atoms. The first-order valence-electron chi connectivity index (χ1n) is 6.16. The van der Waals surface area contributed by atoms with Gasteiger partial charge in [0.2, 0.25) is 0 Å². The van der Waals surface area contributed by atoms with Crippen LogP contribution < -0.4 is 5.32 Å². The molecular weight excluding hydrogens is 244 g/mol. The van der Waals surface area contributed by atoms with Crippen LogP contribution in [0.25, 0.3) is 0 Å². The van der Waals surface area contributed by atoms with E-state index >= 15 is 0 Å². The summed E-state index contributed by atoms with van der Waals surface area (Å²) in [5.41, 5.74) is 1.96. The standard InChI is InChI=1S/C14H22N2OS/c1-15-14(17)13-7-5-12(6-8-13)11-16(2)9-4-10-18-3/h5-8H,4,9-11H2,1-3H3,(H,15,17). The SMILES string of the molecule is CNC(=O)c1ccc(CN(C)CCCSC)cc1. The van der Waals surface area contributed by atoms with Crippen LogP contribution in [0.1, 0.15) is 22.3 Å². The lowest BCUT2D eigenvalue weighted by atomic mass is 10.1. The first-order chi connectivity index (χ1) is 8.67. The summed E-state index contributed by atoms with van der Waals surface area (Å²) in [4.78, 5) is 13.7. The molecule has 0 heterocycles. The minimum atomic E-state index is -0.0325. The number of nitrogens with one attached hydrogen (secondary N) is 1. The van der Waals surface area contributed by atoms with Gasteiger partial charge >= 0.3 is 0 Å². The summed E-state index contributed by atoms with van der Waals surface area (Å²) in [7, 11) is 3.78. The van der Waals surface area contributed by atoms with Gasteiger partial charge in [-0.1, -0.05) is 12.1 Å². The number of nitrogens with zero attached hydrogens (tertiary/aromatic N) is 1. The second-order valence-electron chi connectivity index (χ2n) is 4.36. The molecule has 1 aromatic rings. The fraction of sp³-hybridized carbons (Fsp3) is 0.500. The van der Waals surface area contributed by atoms with Gasteiger partial charge in [-0.3, -0.25) is 4.79 Å². The molecule has 3 nitrogen and oxygen atoms in total. The van der Waals surface area contributed by atoms with Gasteiger partial charge in [-0.05, 0) is 49.7 Å². The zero-order chi connectivity index (χ0) is 13.4. The van der Waals surface area contributed by atoms with E-state index in [1.165, 1.54) is 17.7 Å². The van der Waals surface area contributed by atoms with Crippen LogP contribution in [0.4, 0.5) is 0 Å². The Bertz CT molecular complexity index is 365. The van der Waals surface area contributed by atoms with E-state index in [2.05, 4.69) is 23.5 Å². The van der Waals surface area contributed by atoms with Gasteiger partial charge < -0.3 is 10.2 Å². The van der Waals surface area contributed by atoms with E-state index in [0.717, 1.165) is 13.1 Å². The summed E-state index contributed by atoms with van der Waals surface area (Å²) < 4.78 is 0. The topological polar surface area (TPSA) is 32.3 Å². The predicted octanol–water partition coefficient (Wildman–Crippen LogP) is 2.23. The lowest BCUT2D eigenvalue weighted by Gasteiger charge is -2.16. The van der Waals surface area contributed by atoms with Gasteiger partial charge in [-0.25, -0.2) is 0 Å². The molecule has 18 heavy (non-hydrogen) atoms. The van der Waals surface area contributed by atoms with Gasteiger partial charge in [0.05, 0.1) is 0 Å². The summed E-state index contributed by atoms with van der Waals surface area (Å²) in [5, 5.41) is 2.62. The van der Waals surface area contributed by atoms with Crippen LogP contribution in [0, 0.1) is 0 Å². The van der Waals surface area contributed by atoms with Crippen LogP contribution in [0.5, 0.6) is 0 Å². The fourth-order valence-electron chi connectivity index (χ4n) is 1.78. The van der Waals surface area contributed by atoms with Crippen LogP contribution in [0.15, 0.2) is 24.3 Å². The van der Waals surface area contributed by atoms with Crippen molar-refractivity contribution in [2.24, 2.45) is 0 Å². The zero-order valence-corrected chi connectivity index (χ0v) is 12.2. The van der Waals surface area contributed by atoms with Crippen molar-refractivity contribution < 1.29 is 4.79 Å². The third-order valence-corrected chi connectivity index (χ3v) is 3.48. The highest BCUT2D eigenvalue weighted by Gasteiger charge is 2.04. The van der Waals surface area contributed by atoms with Gasteiger partial charge in [0, 0.05) is 19.2 Å². The Morgan fingerprint density at radius 2 is 2.00 bits per heavy atom. The molecule has 0 bridgehead atoms. The summed E-state index contributed by atoms with van der Waals surface area (Å²) in [6, 6.07) is 7.80. The Hall–Kier alpha value is -1.00. The number of thioether (sulfide) groups is 1. The molecule has 1 rings (SSSR count). The average Bonchev–Trinajstić information content (AvgIpc) is 2.39. The van der Waals surface area contributed by atoms with Gasteiger partial charge in [0.25, 0.3) is 5.91 Å². The minimum absolute atomic E-state index is 0.0325. The Labute approximate surface area is 114 Å². The first kappa shape index (κ1) is 15.1. The first-order valence-corrected chi connectivity index (χ1v) is 7.55. The molecule has 1 aromatic carbocycles. The van der Waals surface area contributed by atoms with Gasteiger partial charge in [0.15, 0.2) is 0 Å². The Morgan fingerprint density at radius 3 is 2.56 bits per heavy atom. The van der Waals surface area contributed by atoms with Crippen molar-refractivity contribution in [3.8, 4) is 0 Å². The maximum atomic E-state index is 11.4. The van der Waals surface area contributed by atoms with E-state index in [1.54, 1.807) is 7.05 Å². The van der Waals surface area contributed by atoms with Crippen LogP contribution in [-0.2, 0) is 6.54 Å². The largest absolute Gasteiger partial charge is 0.355 e. The molecule has 0 fully saturated rings. The smallest absolute Gasteiger partial charge is 0.251 e. The number of hydrogen-bond donors (Lipinski definition) is 1. The molecule has 0 saturated heterocycles. The van der Waals surface area contributed by atoms with E-state index in [-0.39, 0.29) is 5.91 Å². The molecule has 0 aromatic heterocycles. The molecule has 0 radical (unpaired) electrons. The Balaban J connectivity index is 2.45. The molecule has 0 atom stereocenters. The normalized spacial score (nSPS) is 10.7. The van der Waals surface area contributed by atoms with Crippen molar-refractivity contribution in [1.29, 1.82) is 0 Å². The molecule has 0 aliphatic heterocycles. The van der Waals surface area contributed by atoms with Gasteiger partial charge in [-0.15, -0.1) is 0 Å². The van der Waals surface area contributed by atoms with E-state index in [1.807, 2.05) is 36.0 Å². The lowest BCUT2D eigenvalue weighted by Crippen LogP contribution is -2.20. The number of benzene rings is 1. The van der Waals surface area contributed by atoms with E-state index in [4.69, 9.17) is 0 Å². The van der Waals surface area contributed by atoms with Crippen molar-refractivity contribution in [2.45, 2.75) is 13.0 Å². The lowest BCUT2D eigenvalue weighted by molar-refractivity contribution is 0.0963. The summed E-state index contributed by atoms with van der Waals surface area (Å²) >= 11 is 1.89. The molecule has 100 valence electrons. The van der Waals surface area contributed by atoms with Crippen molar-refractivity contribution in [1.82, 2.24) is 10.2 Å². The molecular formula is C14H22N2OS. The van der Waals surface area contributed by atoms with Crippen molar-refractivity contribution in [2.75, 3.05) is 32.6 Å². The zero-order valence-electron chi connectivity index (χ0n) is 11.4.